The number of hydrogen-bond donors (Lipinski definition) is 2. The maximum atomic E-state index is 13.2. The second-order valence-corrected chi connectivity index (χ2v) is 5.43. The number of anilines is 2. The van der Waals surface area contributed by atoms with Gasteiger partial charge in [0.2, 0.25) is 0 Å². The Labute approximate surface area is 130 Å². The van der Waals surface area contributed by atoms with Crippen molar-refractivity contribution in [1.29, 1.82) is 0 Å². The summed E-state index contributed by atoms with van der Waals surface area (Å²) in [5.41, 5.74) is 7.80. The van der Waals surface area contributed by atoms with Crippen molar-refractivity contribution >= 4 is 33.2 Å². The number of aryl methyl sites for hydroxylation is 1. The summed E-state index contributed by atoms with van der Waals surface area (Å²) in [6.45, 7) is 1.64. The van der Waals surface area contributed by atoms with Gasteiger partial charge in [-0.05, 0) is 42.8 Å². The molecule has 0 saturated heterocycles. The molecule has 2 rings (SSSR count). The molecule has 0 bridgehead atoms. The molecule has 0 fully saturated rings. The number of nitrogens with two attached hydrogens (primary N) is 1. The van der Waals surface area contributed by atoms with E-state index in [2.05, 4.69) is 21.2 Å². The van der Waals surface area contributed by atoms with Gasteiger partial charge in [0.25, 0.3) is 5.91 Å². The number of halogens is 2. The lowest BCUT2D eigenvalue weighted by atomic mass is 10.2. The number of carbonyl (C=O) groups excluding carboxylic acids is 1. The molecule has 3 N–H and O–H groups in total. The minimum absolute atomic E-state index is 0.209. The summed E-state index contributed by atoms with van der Waals surface area (Å²) < 4.78 is 19.0. The number of benzene rings is 2. The molecule has 2 aromatic carbocycles. The lowest BCUT2D eigenvalue weighted by Gasteiger charge is -2.10. The van der Waals surface area contributed by atoms with E-state index in [0.29, 0.717) is 15.8 Å². The molecular formula is C15H14BrFN2O2. The minimum Gasteiger partial charge on any atom is -0.484 e. The number of carbonyl (C=O) groups is 1. The Kier molecular flexibility index (Phi) is 4.80. The highest BCUT2D eigenvalue weighted by molar-refractivity contribution is 9.10. The van der Waals surface area contributed by atoms with Crippen LogP contribution in [0.3, 0.4) is 0 Å². The van der Waals surface area contributed by atoms with Gasteiger partial charge in [-0.1, -0.05) is 15.9 Å². The third-order valence-corrected chi connectivity index (χ3v) is 3.19. The Balaban J connectivity index is 1.95. The lowest BCUT2D eigenvalue weighted by molar-refractivity contribution is -0.118. The monoisotopic (exact) mass is 352 g/mol. The van der Waals surface area contributed by atoms with Gasteiger partial charge < -0.3 is 15.8 Å². The molecule has 1 amide bonds. The first-order valence-electron chi connectivity index (χ1n) is 6.19. The summed E-state index contributed by atoms with van der Waals surface area (Å²) in [5, 5.41) is 2.71. The highest BCUT2D eigenvalue weighted by Crippen LogP contribution is 2.21. The molecule has 21 heavy (non-hydrogen) atoms. The van der Waals surface area contributed by atoms with Gasteiger partial charge in [-0.3, -0.25) is 4.79 Å². The van der Waals surface area contributed by atoms with E-state index in [-0.39, 0.29) is 18.3 Å². The van der Waals surface area contributed by atoms with Crippen LogP contribution in [0.15, 0.2) is 40.9 Å². The van der Waals surface area contributed by atoms with E-state index < -0.39 is 5.82 Å². The predicted molar refractivity (Wildman–Crippen MR) is 83.8 cm³/mol. The van der Waals surface area contributed by atoms with Crippen molar-refractivity contribution < 1.29 is 13.9 Å². The number of nitrogens with one attached hydrogen (secondary N) is 1. The molecule has 0 aromatic heterocycles. The van der Waals surface area contributed by atoms with Crippen molar-refractivity contribution in [1.82, 2.24) is 0 Å². The molecule has 0 spiro atoms. The Morgan fingerprint density at radius 2 is 2.10 bits per heavy atom. The van der Waals surface area contributed by atoms with Gasteiger partial charge in [0.1, 0.15) is 11.6 Å². The van der Waals surface area contributed by atoms with Crippen molar-refractivity contribution in [3.8, 4) is 5.75 Å². The van der Waals surface area contributed by atoms with Crippen molar-refractivity contribution in [2.75, 3.05) is 17.7 Å². The number of amides is 1. The quantitative estimate of drug-likeness (QED) is 0.827. The van der Waals surface area contributed by atoms with Crippen LogP contribution < -0.4 is 15.8 Å². The summed E-state index contributed by atoms with van der Waals surface area (Å²) in [4.78, 5) is 11.8. The van der Waals surface area contributed by atoms with Crippen LogP contribution >= 0.6 is 15.9 Å². The molecule has 0 atom stereocenters. The predicted octanol–water partition coefficient (Wildman–Crippen LogP) is 3.50. The van der Waals surface area contributed by atoms with Crippen LogP contribution in [0.1, 0.15) is 5.56 Å². The van der Waals surface area contributed by atoms with Crippen LogP contribution in [-0.4, -0.2) is 12.5 Å². The fourth-order valence-corrected chi connectivity index (χ4v) is 2.22. The molecule has 2 aromatic rings. The molecule has 0 heterocycles. The van der Waals surface area contributed by atoms with Gasteiger partial charge in [0.05, 0.1) is 0 Å². The molecule has 4 nitrogen and oxygen atoms in total. The van der Waals surface area contributed by atoms with Crippen molar-refractivity contribution in [3.63, 3.8) is 0 Å². The standard InChI is InChI=1S/C15H14BrFN2O2/c1-9-4-12(18)2-3-14(9)19-15(20)8-21-13-6-10(16)5-11(17)7-13/h2-7H,8,18H2,1H3,(H,19,20). The number of rotatable bonds is 4. The average Bonchev–Trinajstić information content (AvgIpc) is 2.39. The first-order valence-corrected chi connectivity index (χ1v) is 6.98. The second-order valence-electron chi connectivity index (χ2n) is 4.52. The molecule has 110 valence electrons. The van der Waals surface area contributed by atoms with E-state index in [4.69, 9.17) is 10.5 Å². The van der Waals surface area contributed by atoms with Gasteiger partial charge in [0.15, 0.2) is 6.61 Å². The third kappa shape index (κ3) is 4.46. The zero-order valence-corrected chi connectivity index (χ0v) is 12.9. The molecule has 0 saturated carbocycles. The summed E-state index contributed by atoms with van der Waals surface area (Å²) in [7, 11) is 0. The average molecular weight is 353 g/mol. The van der Waals surface area contributed by atoms with Crippen LogP contribution in [0.4, 0.5) is 15.8 Å². The maximum Gasteiger partial charge on any atom is 0.262 e. The lowest BCUT2D eigenvalue weighted by Crippen LogP contribution is -2.20. The Hall–Kier alpha value is -2.08. The zero-order valence-electron chi connectivity index (χ0n) is 11.3. The third-order valence-electron chi connectivity index (χ3n) is 2.73. The van der Waals surface area contributed by atoms with Crippen LogP contribution in [0.2, 0.25) is 0 Å². The van der Waals surface area contributed by atoms with E-state index in [9.17, 15) is 9.18 Å². The summed E-state index contributed by atoms with van der Waals surface area (Å²) >= 11 is 3.16. The second kappa shape index (κ2) is 6.58. The largest absolute Gasteiger partial charge is 0.484 e. The topological polar surface area (TPSA) is 64.3 Å². The van der Waals surface area contributed by atoms with Gasteiger partial charge >= 0.3 is 0 Å². The number of ether oxygens (including phenoxy) is 1. The summed E-state index contributed by atoms with van der Waals surface area (Å²) in [6.07, 6.45) is 0. The Morgan fingerprint density at radius 1 is 1.33 bits per heavy atom. The number of hydrogen-bond acceptors (Lipinski definition) is 3. The first-order chi connectivity index (χ1) is 9.94. The smallest absolute Gasteiger partial charge is 0.262 e. The van der Waals surface area contributed by atoms with Crippen molar-refractivity contribution in [2.45, 2.75) is 6.92 Å². The van der Waals surface area contributed by atoms with Crippen LogP contribution in [0.25, 0.3) is 0 Å². The summed E-state index contributed by atoms with van der Waals surface area (Å²) in [5.74, 6) is -0.483. The SMILES string of the molecule is Cc1cc(N)ccc1NC(=O)COc1cc(F)cc(Br)c1. The zero-order chi connectivity index (χ0) is 15.4. The van der Waals surface area contributed by atoms with E-state index in [0.717, 1.165) is 5.56 Å². The highest BCUT2D eigenvalue weighted by atomic mass is 79.9. The normalized spacial score (nSPS) is 10.2. The van der Waals surface area contributed by atoms with E-state index in [1.165, 1.54) is 12.1 Å². The van der Waals surface area contributed by atoms with E-state index in [1.807, 2.05) is 6.92 Å². The van der Waals surface area contributed by atoms with Gasteiger partial charge in [-0.25, -0.2) is 4.39 Å². The fraction of sp³-hybridized carbons (Fsp3) is 0.133. The van der Waals surface area contributed by atoms with Gasteiger partial charge in [0, 0.05) is 21.9 Å². The molecule has 6 heteroatoms. The Bertz CT molecular complexity index is 656. The van der Waals surface area contributed by atoms with Gasteiger partial charge in [-0.2, -0.15) is 0 Å². The molecule has 0 aliphatic heterocycles. The number of nitrogen functional groups attached to an aromatic ring is 1. The van der Waals surface area contributed by atoms with Crippen molar-refractivity contribution in [2.24, 2.45) is 0 Å². The van der Waals surface area contributed by atoms with E-state index >= 15 is 0 Å². The summed E-state index contributed by atoms with van der Waals surface area (Å²) in [6, 6.07) is 9.30. The van der Waals surface area contributed by atoms with Crippen LogP contribution in [0.5, 0.6) is 5.75 Å². The molecule has 0 aliphatic carbocycles. The molecule has 0 radical (unpaired) electrons. The van der Waals surface area contributed by atoms with Crippen molar-refractivity contribution in [3.05, 3.63) is 52.3 Å². The first kappa shape index (κ1) is 15.3. The van der Waals surface area contributed by atoms with Crippen LogP contribution in [-0.2, 0) is 4.79 Å². The minimum atomic E-state index is -0.436. The Morgan fingerprint density at radius 3 is 2.76 bits per heavy atom. The van der Waals surface area contributed by atoms with Crippen LogP contribution in [0, 0.1) is 12.7 Å². The molecular weight excluding hydrogens is 339 g/mol. The maximum absolute atomic E-state index is 13.2. The van der Waals surface area contributed by atoms with E-state index in [1.54, 1.807) is 24.3 Å². The molecule has 0 aliphatic rings. The highest BCUT2D eigenvalue weighted by Gasteiger charge is 2.07. The molecule has 0 unspecified atom stereocenters. The van der Waals surface area contributed by atoms with Gasteiger partial charge in [-0.15, -0.1) is 0 Å². The fourth-order valence-electron chi connectivity index (χ4n) is 1.77.